The van der Waals surface area contributed by atoms with Crippen molar-refractivity contribution in [2.75, 3.05) is 19.8 Å². The van der Waals surface area contributed by atoms with E-state index in [9.17, 15) is 19.2 Å². The maximum Gasteiger partial charge on any atom is 0.356 e. The molecule has 0 saturated heterocycles. The summed E-state index contributed by atoms with van der Waals surface area (Å²) in [6.45, 7) is 8.37. The van der Waals surface area contributed by atoms with E-state index < -0.39 is 28.9 Å². The van der Waals surface area contributed by atoms with Crippen LogP contribution in [-0.4, -0.2) is 42.3 Å². The fourth-order valence-corrected chi connectivity index (χ4v) is 2.19. The summed E-state index contributed by atoms with van der Waals surface area (Å²) in [5, 5.41) is 0. The second kappa shape index (κ2) is 9.00. The van der Waals surface area contributed by atoms with Crippen LogP contribution in [0.1, 0.15) is 71.9 Å². The molecule has 0 N–H and O–H groups in total. The Morgan fingerprint density at radius 1 is 0.920 bits per heavy atom. The predicted molar refractivity (Wildman–Crippen MR) is 89.0 cm³/mol. The van der Waals surface area contributed by atoms with E-state index >= 15 is 0 Å². The van der Waals surface area contributed by atoms with Crippen molar-refractivity contribution in [1.29, 1.82) is 0 Å². The van der Waals surface area contributed by atoms with Gasteiger partial charge in [0.25, 0.3) is 0 Å². The topological polar surface area (TPSA) is 101 Å². The molecule has 0 bridgehead atoms. The van der Waals surface area contributed by atoms with Gasteiger partial charge in [-0.2, -0.15) is 0 Å². The fraction of sp³-hybridized carbons (Fsp3) is 0.529. The van der Waals surface area contributed by atoms with E-state index in [2.05, 4.69) is 0 Å². The minimum Gasteiger partial charge on any atom is -0.462 e. The molecule has 0 saturated carbocycles. The van der Waals surface area contributed by atoms with Gasteiger partial charge in [0.05, 0.1) is 19.8 Å². The number of hydrogen-bond donors (Lipinski definition) is 0. The van der Waals surface area contributed by atoms with E-state index in [1.165, 1.54) is 10.8 Å². The van der Waals surface area contributed by atoms with Crippen LogP contribution >= 0.6 is 0 Å². The molecule has 0 spiro atoms. The first-order chi connectivity index (χ1) is 11.8. The molecule has 1 heterocycles. The molecular weight excluding hydrogens is 330 g/mol. The molecule has 0 unspecified atom stereocenters. The number of ether oxygens (including phenoxy) is 3. The highest BCUT2D eigenvalue weighted by Crippen LogP contribution is 2.17. The average molecular weight is 353 g/mol. The van der Waals surface area contributed by atoms with Crippen molar-refractivity contribution in [2.24, 2.45) is 0 Å². The molecule has 1 aromatic rings. The Labute approximate surface area is 145 Å². The summed E-state index contributed by atoms with van der Waals surface area (Å²) in [6, 6.07) is -0.332. The van der Waals surface area contributed by atoms with Gasteiger partial charge in [0.1, 0.15) is 16.8 Å². The molecule has 0 aliphatic carbocycles. The third kappa shape index (κ3) is 4.46. The van der Waals surface area contributed by atoms with Gasteiger partial charge in [0, 0.05) is 12.2 Å². The molecule has 0 aromatic carbocycles. The van der Waals surface area contributed by atoms with Crippen LogP contribution in [0.2, 0.25) is 0 Å². The molecule has 0 amide bonds. The summed E-state index contributed by atoms with van der Waals surface area (Å²) in [5.41, 5.74) is -2.03. The van der Waals surface area contributed by atoms with E-state index in [-0.39, 0.29) is 37.1 Å². The zero-order valence-electron chi connectivity index (χ0n) is 15.1. The smallest absolute Gasteiger partial charge is 0.356 e. The lowest BCUT2D eigenvalue weighted by Gasteiger charge is -2.19. The van der Waals surface area contributed by atoms with Gasteiger partial charge in [-0.3, -0.25) is 4.79 Å². The van der Waals surface area contributed by atoms with Crippen LogP contribution in [0.15, 0.2) is 11.0 Å². The van der Waals surface area contributed by atoms with Gasteiger partial charge in [-0.25, -0.2) is 14.4 Å². The van der Waals surface area contributed by atoms with Crippen molar-refractivity contribution in [2.45, 2.75) is 40.7 Å². The number of pyridine rings is 1. The Kier molecular flexibility index (Phi) is 7.35. The molecular formula is C17H23NO7. The summed E-state index contributed by atoms with van der Waals surface area (Å²) in [6.07, 6.45) is 1.21. The average Bonchev–Trinajstić information content (AvgIpc) is 2.54. The van der Waals surface area contributed by atoms with Gasteiger partial charge in [0.2, 0.25) is 5.43 Å². The highest BCUT2D eigenvalue weighted by molar-refractivity contribution is 6.03. The second-order valence-electron chi connectivity index (χ2n) is 5.26. The number of nitrogens with zero attached hydrogens (tertiary/aromatic N) is 1. The highest BCUT2D eigenvalue weighted by atomic mass is 16.5. The first kappa shape index (κ1) is 20.4. The van der Waals surface area contributed by atoms with Crippen LogP contribution in [0.5, 0.6) is 0 Å². The Hall–Kier alpha value is -2.64. The molecule has 1 rings (SSSR count). The monoisotopic (exact) mass is 353 g/mol. The lowest BCUT2D eigenvalue weighted by molar-refractivity contribution is 0.0460. The van der Waals surface area contributed by atoms with Gasteiger partial charge in [-0.05, 0) is 34.6 Å². The van der Waals surface area contributed by atoms with Crippen molar-refractivity contribution in [3.8, 4) is 0 Å². The molecule has 138 valence electrons. The molecule has 1 aromatic heterocycles. The maximum absolute atomic E-state index is 12.7. The fourth-order valence-electron chi connectivity index (χ4n) is 2.19. The third-order valence-electron chi connectivity index (χ3n) is 3.23. The minimum atomic E-state index is -0.990. The Morgan fingerprint density at radius 3 is 1.88 bits per heavy atom. The van der Waals surface area contributed by atoms with Crippen LogP contribution < -0.4 is 5.43 Å². The molecule has 8 heteroatoms. The largest absolute Gasteiger partial charge is 0.462 e. The summed E-state index contributed by atoms with van der Waals surface area (Å²) in [7, 11) is 0. The quantitative estimate of drug-likeness (QED) is 0.545. The van der Waals surface area contributed by atoms with Crippen molar-refractivity contribution >= 4 is 17.9 Å². The van der Waals surface area contributed by atoms with Crippen LogP contribution in [0.3, 0.4) is 0 Å². The first-order valence-electron chi connectivity index (χ1n) is 8.10. The summed E-state index contributed by atoms with van der Waals surface area (Å²) in [5.74, 6) is -2.70. The number of aromatic nitrogens is 1. The number of carbonyl (C=O) groups is 3. The van der Waals surface area contributed by atoms with E-state index in [1.54, 1.807) is 34.6 Å². The summed E-state index contributed by atoms with van der Waals surface area (Å²) in [4.78, 5) is 49.4. The van der Waals surface area contributed by atoms with Gasteiger partial charge >= 0.3 is 17.9 Å². The lowest BCUT2D eigenvalue weighted by Crippen LogP contribution is -2.33. The number of rotatable bonds is 7. The SMILES string of the molecule is CCOC(=O)c1cn(C(C)C)c(C(=O)OCC)c(C(=O)OCC)c1=O. The van der Waals surface area contributed by atoms with Crippen molar-refractivity contribution in [1.82, 2.24) is 4.57 Å². The zero-order valence-corrected chi connectivity index (χ0v) is 15.1. The van der Waals surface area contributed by atoms with E-state index in [1.807, 2.05) is 0 Å². The minimum absolute atomic E-state index is 0.00580. The normalized spacial score (nSPS) is 10.5. The first-order valence-corrected chi connectivity index (χ1v) is 8.10. The van der Waals surface area contributed by atoms with Crippen LogP contribution in [0.25, 0.3) is 0 Å². The van der Waals surface area contributed by atoms with Crippen molar-refractivity contribution in [3.05, 3.63) is 33.2 Å². The zero-order chi connectivity index (χ0) is 19.1. The van der Waals surface area contributed by atoms with Gasteiger partial charge < -0.3 is 18.8 Å². The van der Waals surface area contributed by atoms with Gasteiger partial charge in [0.15, 0.2) is 0 Å². The number of carbonyl (C=O) groups excluding carboxylic acids is 3. The molecule has 0 radical (unpaired) electrons. The molecule has 8 nitrogen and oxygen atoms in total. The molecule has 0 atom stereocenters. The van der Waals surface area contributed by atoms with Crippen LogP contribution in [0.4, 0.5) is 0 Å². The summed E-state index contributed by atoms with van der Waals surface area (Å²) < 4.78 is 16.1. The van der Waals surface area contributed by atoms with Crippen molar-refractivity contribution < 1.29 is 28.6 Å². The highest BCUT2D eigenvalue weighted by Gasteiger charge is 2.31. The Bertz CT molecular complexity index is 718. The van der Waals surface area contributed by atoms with Crippen LogP contribution in [0, 0.1) is 0 Å². The molecule has 0 aliphatic heterocycles. The number of esters is 3. The number of hydrogen-bond acceptors (Lipinski definition) is 7. The Morgan fingerprint density at radius 2 is 1.40 bits per heavy atom. The molecule has 25 heavy (non-hydrogen) atoms. The van der Waals surface area contributed by atoms with E-state index in [0.717, 1.165) is 0 Å². The standard InChI is InChI=1S/C17H23NO7/c1-6-23-15(20)11-9-18(10(4)5)13(17(22)25-8-3)12(14(11)19)16(21)24-7-2/h9-10H,6-8H2,1-5H3. The third-order valence-corrected chi connectivity index (χ3v) is 3.23. The van der Waals surface area contributed by atoms with Gasteiger partial charge in [-0.1, -0.05) is 0 Å². The lowest BCUT2D eigenvalue weighted by atomic mass is 10.1. The van der Waals surface area contributed by atoms with Gasteiger partial charge in [-0.15, -0.1) is 0 Å². The Balaban J connectivity index is 3.81. The molecule has 0 fully saturated rings. The second-order valence-corrected chi connectivity index (χ2v) is 5.26. The maximum atomic E-state index is 12.7. The predicted octanol–water partition coefficient (Wildman–Crippen LogP) is 1.96. The summed E-state index contributed by atoms with van der Waals surface area (Å²) >= 11 is 0. The molecule has 0 aliphatic rings. The van der Waals surface area contributed by atoms with E-state index in [4.69, 9.17) is 14.2 Å². The van der Waals surface area contributed by atoms with Crippen molar-refractivity contribution in [3.63, 3.8) is 0 Å². The van der Waals surface area contributed by atoms with Crippen LogP contribution in [-0.2, 0) is 14.2 Å². The van der Waals surface area contributed by atoms with E-state index in [0.29, 0.717) is 0 Å².